The molecule has 27 heavy (non-hydrogen) atoms. The number of nitriles is 1. The molecular formula is C18H17N5O2S2. The molecule has 3 aromatic rings. The minimum Gasteiger partial charge on any atom is -0.469 e. The van der Waals surface area contributed by atoms with Gasteiger partial charge in [0.2, 0.25) is 5.91 Å². The maximum atomic E-state index is 12.5. The number of carbonyl (C=O) groups is 1. The van der Waals surface area contributed by atoms with E-state index in [1.165, 1.54) is 23.1 Å². The molecule has 3 rings (SSSR count). The Bertz CT molecular complexity index is 1010. The second-order valence-electron chi connectivity index (χ2n) is 5.62. The summed E-state index contributed by atoms with van der Waals surface area (Å²) in [7, 11) is 0. The number of allylic oxidation sites excluding steroid dienone is 1. The molecule has 1 atom stereocenters. The lowest BCUT2D eigenvalue weighted by Gasteiger charge is -2.12. The molecular weight excluding hydrogens is 382 g/mol. The largest absolute Gasteiger partial charge is 0.469 e. The molecule has 1 amide bonds. The van der Waals surface area contributed by atoms with Crippen molar-refractivity contribution < 1.29 is 9.21 Å². The number of carbonyl (C=O) groups excluding carboxylic acids is 1. The highest BCUT2D eigenvalue weighted by molar-refractivity contribution is 8.00. The lowest BCUT2D eigenvalue weighted by molar-refractivity contribution is -0.115. The summed E-state index contributed by atoms with van der Waals surface area (Å²) >= 11 is 2.62. The molecule has 0 unspecified atom stereocenters. The highest BCUT2D eigenvalue weighted by Gasteiger charge is 2.22. The van der Waals surface area contributed by atoms with E-state index in [0.717, 1.165) is 11.3 Å². The molecule has 0 aliphatic rings. The molecule has 9 heteroatoms. The zero-order valence-corrected chi connectivity index (χ0v) is 16.4. The average Bonchev–Trinajstić information content (AvgIpc) is 3.36. The number of nitrogens with zero attached hydrogens (tertiary/aromatic N) is 4. The molecule has 0 aromatic carbocycles. The van der Waals surface area contributed by atoms with Gasteiger partial charge in [0.15, 0.2) is 11.0 Å². The fraction of sp³-hybridized carbons (Fsp3) is 0.222. The fourth-order valence-corrected chi connectivity index (χ4v) is 4.00. The monoisotopic (exact) mass is 399 g/mol. The smallest absolute Gasteiger partial charge is 0.238 e. The third kappa shape index (κ3) is 3.97. The van der Waals surface area contributed by atoms with Gasteiger partial charge in [-0.15, -0.1) is 28.1 Å². The van der Waals surface area contributed by atoms with Crippen molar-refractivity contribution in [1.29, 1.82) is 5.26 Å². The summed E-state index contributed by atoms with van der Waals surface area (Å²) in [6.07, 6.45) is 3.36. The van der Waals surface area contributed by atoms with Crippen molar-refractivity contribution >= 4 is 34.0 Å². The van der Waals surface area contributed by atoms with Gasteiger partial charge in [-0.1, -0.05) is 17.8 Å². The molecule has 1 N–H and O–H groups in total. The second-order valence-corrected chi connectivity index (χ2v) is 7.84. The van der Waals surface area contributed by atoms with Crippen LogP contribution in [0.1, 0.15) is 18.2 Å². The molecule has 0 bridgehead atoms. The van der Waals surface area contributed by atoms with E-state index in [-0.39, 0.29) is 5.91 Å². The summed E-state index contributed by atoms with van der Waals surface area (Å²) in [6.45, 7) is 7.94. The number of amides is 1. The van der Waals surface area contributed by atoms with Crippen LogP contribution in [0.4, 0.5) is 5.00 Å². The molecule has 0 radical (unpaired) electrons. The first-order valence-corrected chi connectivity index (χ1v) is 9.84. The van der Waals surface area contributed by atoms with E-state index < -0.39 is 5.25 Å². The van der Waals surface area contributed by atoms with E-state index in [9.17, 15) is 4.79 Å². The van der Waals surface area contributed by atoms with Crippen LogP contribution < -0.4 is 5.32 Å². The predicted molar refractivity (Wildman–Crippen MR) is 106 cm³/mol. The number of hydrogen-bond donors (Lipinski definition) is 1. The number of thioether (sulfide) groups is 1. The quantitative estimate of drug-likeness (QED) is 0.475. The van der Waals surface area contributed by atoms with Crippen molar-refractivity contribution in [1.82, 2.24) is 14.8 Å². The Hall–Kier alpha value is -2.83. The van der Waals surface area contributed by atoms with Gasteiger partial charge in [0.1, 0.15) is 16.8 Å². The summed E-state index contributed by atoms with van der Waals surface area (Å²) in [4.78, 5) is 12.5. The summed E-state index contributed by atoms with van der Waals surface area (Å²) in [5.74, 6) is 1.21. The van der Waals surface area contributed by atoms with Crippen molar-refractivity contribution in [3.63, 3.8) is 0 Å². The molecule has 0 aliphatic heterocycles. The van der Waals surface area contributed by atoms with E-state index in [1.54, 1.807) is 30.7 Å². The van der Waals surface area contributed by atoms with Crippen LogP contribution in [0.25, 0.3) is 11.4 Å². The zero-order chi connectivity index (χ0) is 19.4. The van der Waals surface area contributed by atoms with Crippen LogP contribution in [-0.2, 0) is 11.3 Å². The summed E-state index contributed by atoms with van der Waals surface area (Å²) in [5.41, 5.74) is 1.31. The van der Waals surface area contributed by atoms with Crippen molar-refractivity contribution in [2.75, 3.05) is 5.32 Å². The highest BCUT2D eigenvalue weighted by Crippen LogP contribution is 2.30. The number of thiophene rings is 1. The molecule has 3 aromatic heterocycles. The first-order chi connectivity index (χ1) is 13.0. The molecule has 0 saturated heterocycles. The number of furan rings is 1. The topological polar surface area (TPSA) is 96.7 Å². The minimum absolute atomic E-state index is 0.201. The molecule has 0 saturated carbocycles. The van der Waals surface area contributed by atoms with Gasteiger partial charge >= 0.3 is 0 Å². The van der Waals surface area contributed by atoms with Crippen LogP contribution in [-0.4, -0.2) is 25.9 Å². The van der Waals surface area contributed by atoms with Gasteiger partial charge in [-0.05, 0) is 31.4 Å². The maximum Gasteiger partial charge on any atom is 0.238 e. The zero-order valence-electron chi connectivity index (χ0n) is 14.8. The van der Waals surface area contributed by atoms with E-state index in [4.69, 9.17) is 9.68 Å². The Morgan fingerprint density at radius 2 is 2.37 bits per heavy atom. The van der Waals surface area contributed by atoms with Gasteiger partial charge in [-0.2, -0.15) is 5.26 Å². The number of anilines is 1. The normalized spacial score (nSPS) is 11.7. The van der Waals surface area contributed by atoms with Crippen LogP contribution >= 0.6 is 23.1 Å². The Kier molecular flexibility index (Phi) is 5.78. The minimum atomic E-state index is -0.426. The van der Waals surface area contributed by atoms with E-state index >= 15 is 0 Å². The Morgan fingerprint density at radius 3 is 3.04 bits per heavy atom. The third-order valence-corrected chi connectivity index (χ3v) is 5.71. The van der Waals surface area contributed by atoms with Gasteiger partial charge in [0.05, 0.1) is 22.6 Å². The Balaban J connectivity index is 1.79. The van der Waals surface area contributed by atoms with Crippen molar-refractivity contribution in [2.24, 2.45) is 0 Å². The number of rotatable bonds is 7. The molecule has 0 spiro atoms. The van der Waals surface area contributed by atoms with Crippen LogP contribution in [0.2, 0.25) is 0 Å². The summed E-state index contributed by atoms with van der Waals surface area (Å²) in [6, 6.07) is 5.58. The van der Waals surface area contributed by atoms with Crippen molar-refractivity contribution in [3.05, 3.63) is 47.8 Å². The molecule has 0 fully saturated rings. The Labute approximate surface area is 164 Å². The second kappa shape index (κ2) is 8.24. The molecule has 138 valence electrons. The standard InChI is InChI=1S/C18H17N5O2S2/c1-4-7-23-15(14-5-8-25-11(14)2)21-22-18(23)27-12(3)16(24)20-17-13(10-19)6-9-26-17/h4-6,8-9,12H,1,7H2,2-3H3,(H,20,24)/t12-/m0/s1. The van der Waals surface area contributed by atoms with Gasteiger partial charge < -0.3 is 9.73 Å². The van der Waals surface area contributed by atoms with Crippen LogP contribution in [0.3, 0.4) is 0 Å². The van der Waals surface area contributed by atoms with Crippen molar-refractivity contribution in [3.8, 4) is 17.5 Å². The Morgan fingerprint density at radius 1 is 1.56 bits per heavy atom. The summed E-state index contributed by atoms with van der Waals surface area (Å²) in [5, 5.41) is 22.9. The summed E-state index contributed by atoms with van der Waals surface area (Å²) < 4.78 is 7.25. The molecule has 0 aliphatic carbocycles. The first-order valence-electron chi connectivity index (χ1n) is 8.08. The van der Waals surface area contributed by atoms with Crippen LogP contribution in [0, 0.1) is 18.3 Å². The number of aromatic nitrogens is 3. The number of hydrogen-bond acceptors (Lipinski definition) is 7. The lowest BCUT2D eigenvalue weighted by Crippen LogP contribution is -2.22. The maximum absolute atomic E-state index is 12.5. The first kappa shape index (κ1) is 18.9. The van der Waals surface area contributed by atoms with Crippen LogP contribution in [0.15, 0.2) is 46.0 Å². The van der Waals surface area contributed by atoms with Crippen molar-refractivity contribution in [2.45, 2.75) is 30.8 Å². The molecule has 7 nitrogen and oxygen atoms in total. The lowest BCUT2D eigenvalue weighted by atomic mass is 10.2. The third-order valence-electron chi connectivity index (χ3n) is 3.80. The molecule has 3 heterocycles. The highest BCUT2D eigenvalue weighted by atomic mass is 32.2. The van der Waals surface area contributed by atoms with E-state index in [1.807, 2.05) is 17.6 Å². The fourth-order valence-electron chi connectivity index (χ4n) is 2.41. The average molecular weight is 400 g/mol. The van der Waals surface area contributed by atoms with Crippen LogP contribution in [0.5, 0.6) is 0 Å². The van der Waals surface area contributed by atoms with Gasteiger partial charge in [-0.3, -0.25) is 9.36 Å². The predicted octanol–water partition coefficient (Wildman–Crippen LogP) is 4.09. The van der Waals surface area contributed by atoms with E-state index in [0.29, 0.717) is 28.1 Å². The SMILES string of the molecule is C=CCn1c(S[C@@H](C)C(=O)Nc2sccc2C#N)nnc1-c1ccoc1C. The number of aryl methyl sites for hydroxylation is 1. The number of nitrogens with one attached hydrogen (secondary N) is 1. The van der Waals surface area contributed by atoms with Gasteiger partial charge in [0, 0.05) is 6.54 Å². The van der Waals surface area contributed by atoms with Gasteiger partial charge in [0.25, 0.3) is 0 Å². The van der Waals surface area contributed by atoms with Gasteiger partial charge in [-0.25, -0.2) is 0 Å². The van der Waals surface area contributed by atoms with E-state index in [2.05, 4.69) is 28.2 Å².